The molecule has 2 aromatic carbocycles. The zero-order valence-corrected chi connectivity index (χ0v) is 25.6. The number of fused-ring (bicyclic) bond motifs is 1. The smallest absolute Gasteiger partial charge is 0.327 e. The molecular formula is C37H44N6O. The highest BCUT2D eigenvalue weighted by Gasteiger charge is 2.36. The molecule has 7 rings (SSSR count). The quantitative estimate of drug-likeness (QED) is 0.182. The lowest BCUT2D eigenvalue weighted by atomic mass is 9.69. The van der Waals surface area contributed by atoms with Crippen LogP contribution < -0.4 is 16.7 Å². The second kappa shape index (κ2) is 13.5. The summed E-state index contributed by atoms with van der Waals surface area (Å²) in [5.74, 6) is 0.804. The monoisotopic (exact) mass is 588 g/mol. The number of aromatic nitrogens is 4. The second-order valence-electron chi connectivity index (χ2n) is 12.6. The lowest BCUT2D eigenvalue weighted by molar-refractivity contribution is 0.256. The van der Waals surface area contributed by atoms with Gasteiger partial charge in [-0.05, 0) is 61.1 Å². The van der Waals surface area contributed by atoms with Crippen LogP contribution in [0, 0.1) is 0 Å². The van der Waals surface area contributed by atoms with E-state index in [1.54, 1.807) is 12.4 Å². The summed E-state index contributed by atoms with van der Waals surface area (Å²) in [4.78, 5) is 24.2. The maximum Gasteiger partial charge on any atom is 0.327 e. The van der Waals surface area contributed by atoms with Crippen molar-refractivity contribution >= 4 is 22.7 Å². The molecule has 0 radical (unpaired) electrons. The Morgan fingerprint density at radius 2 is 1.27 bits per heavy atom. The number of hydrogen-bond acceptors (Lipinski definition) is 5. The van der Waals surface area contributed by atoms with Crippen LogP contribution in [0.25, 0.3) is 11.2 Å². The van der Waals surface area contributed by atoms with Crippen molar-refractivity contribution in [2.75, 3.05) is 17.6 Å². The van der Waals surface area contributed by atoms with E-state index in [1.807, 2.05) is 28.8 Å². The number of aromatic amines is 1. The zero-order chi connectivity index (χ0) is 30.2. The molecule has 4 N–H and O–H groups in total. The minimum absolute atomic E-state index is 0.0377. The molecule has 0 aliphatic heterocycles. The number of imidazole rings is 1. The SMILES string of the molecule is Nc1cccnc1NCC1(c2ccccc2)CCCCC1.O=c1[nH]c2cccnc2n1CC1(c2ccccc2)CCCCC1. The van der Waals surface area contributed by atoms with Crippen LogP contribution in [0.2, 0.25) is 0 Å². The van der Waals surface area contributed by atoms with Gasteiger partial charge in [0.05, 0.1) is 11.2 Å². The fourth-order valence-corrected chi connectivity index (χ4v) is 7.40. The maximum absolute atomic E-state index is 12.5. The van der Waals surface area contributed by atoms with Crippen LogP contribution in [-0.2, 0) is 17.4 Å². The Morgan fingerprint density at radius 3 is 1.91 bits per heavy atom. The van der Waals surface area contributed by atoms with E-state index in [0.717, 1.165) is 42.1 Å². The average molecular weight is 589 g/mol. The number of anilines is 2. The standard InChI is InChI=1S/C19H21N3O.C18H23N3/c23-18-21-16-10-7-13-20-17(16)22(18)14-19(11-5-2-6-12-19)15-8-3-1-4-9-15;19-16-10-7-13-20-17(16)21-14-18(11-5-2-6-12-18)15-8-3-1-4-9-15/h1,3-4,7-10,13H,2,5-6,11-12,14H2,(H,21,23);1,3-4,7-10,13H,2,5-6,11-12,14,19H2,(H,20,21). The molecule has 0 bridgehead atoms. The molecule has 0 spiro atoms. The third-order valence-electron chi connectivity index (χ3n) is 9.82. The summed E-state index contributed by atoms with van der Waals surface area (Å²) in [6.45, 7) is 1.60. The van der Waals surface area contributed by atoms with E-state index in [4.69, 9.17) is 5.73 Å². The first-order valence-corrected chi connectivity index (χ1v) is 16.2. The van der Waals surface area contributed by atoms with Crippen LogP contribution in [0.15, 0.2) is 102 Å². The molecule has 7 heteroatoms. The number of rotatable bonds is 7. The first kappa shape index (κ1) is 29.7. The van der Waals surface area contributed by atoms with Crippen molar-refractivity contribution in [2.24, 2.45) is 0 Å². The maximum atomic E-state index is 12.5. The first-order chi connectivity index (χ1) is 21.6. The van der Waals surface area contributed by atoms with Gasteiger partial charge in [-0.3, -0.25) is 4.57 Å². The number of benzene rings is 2. The van der Waals surface area contributed by atoms with Gasteiger partial charge < -0.3 is 16.0 Å². The Kier molecular flexibility index (Phi) is 9.10. The van der Waals surface area contributed by atoms with Gasteiger partial charge in [0.1, 0.15) is 5.82 Å². The largest absolute Gasteiger partial charge is 0.396 e. The molecular weight excluding hydrogens is 544 g/mol. The average Bonchev–Trinajstić information content (AvgIpc) is 3.40. The van der Waals surface area contributed by atoms with Gasteiger partial charge in [-0.2, -0.15) is 0 Å². The molecule has 0 saturated heterocycles. The molecule has 0 atom stereocenters. The number of nitrogens with zero attached hydrogens (tertiary/aromatic N) is 3. The van der Waals surface area contributed by atoms with E-state index in [-0.39, 0.29) is 16.5 Å². The minimum Gasteiger partial charge on any atom is -0.396 e. The van der Waals surface area contributed by atoms with Gasteiger partial charge in [0.15, 0.2) is 5.65 Å². The molecule has 3 heterocycles. The molecule has 0 unspecified atom stereocenters. The molecule has 2 aliphatic carbocycles. The zero-order valence-electron chi connectivity index (χ0n) is 25.6. The highest BCUT2D eigenvalue weighted by Crippen LogP contribution is 2.41. The van der Waals surface area contributed by atoms with Gasteiger partial charge in [-0.15, -0.1) is 0 Å². The molecule has 5 aromatic rings. The highest BCUT2D eigenvalue weighted by atomic mass is 16.1. The molecule has 2 saturated carbocycles. The topological polar surface area (TPSA) is 102 Å². The van der Waals surface area contributed by atoms with E-state index in [2.05, 4.69) is 80.9 Å². The first-order valence-electron chi connectivity index (χ1n) is 16.2. The van der Waals surface area contributed by atoms with Crippen molar-refractivity contribution in [1.29, 1.82) is 0 Å². The van der Waals surface area contributed by atoms with Crippen LogP contribution in [0.4, 0.5) is 11.5 Å². The Balaban J connectivity index is 0.000000157. The third kappa shape index (κ3) is 6.42. The van der Waals surface area contributed by atoms with E-state index >= 15 is 0 Å². The van der Waals surface area contributed by atoms with E-state index in [0.29, 0.717) is 6.54 Å². The van der Waals surface area contributed by atoms with Crippen LogP contribution in [0.5, 0.6) is 0 Å². The van der Waals surface area contributed by atoms with Gasteiger partial charge in [-0.1, -0.05) is 99.2 Å². The molecule has 228 valence electrons. The fourth-order valence-electron chi connectivity index (χ4n) is 7.40. The molecule has 2 aliphatic rings. The van der Waals surface area contributed by atoms with Crippen molar-refractivity contribution in [1.82, 2.24) is 19.5 Å². The summed E-state index contributed by atoms with van der Waals surface area (Å²) in [5.41, 5.74) is 11.3. The predicted molar refractivity (Wildman–Crippen MR) is 180 cm³/mol. The lowest BCUT2D eigenvalue weighted by Crippen LogP contribution is -2.37. The lowest BCUT2D eigenvalue weighted by Gasteiger charge is -2.38. The van der Waals surface area contributed by atoms with Crippen LogP contribution in [-0.4, -0.2) is 26.1 Å². The van der Waals surface area contributed by atoms with Gasteiger partial charge in [0, 0.05) is 36.3 Å². The summed E-state index contributed by atoms with van der Waals surface area (Å²) in [7, 11) is 0. The van der Waals surface area contributed by atoms with Crippen molar-refractivity contribution < 1.29 is 0 Å². The molecule has 0 amide bonds. The third-order valence-corrected chi connectivity index (χ3v) is 9.82. The summed E-state index contributed by atoms with van der Waals surface area (Å²) >= 11 is 0. The van der Waals surface area contributed by atoms with Crippen molar-refractivity contribution in [3.05, 3.63) is 119 Å². The fraction of sp³-hybridized carbons (Fsp3) is 0.378. The summed E-state index contributed by atoms with van der Waals surface area (Å²) in [5, 5.41) is 3.49. The number of nitrogens with two attached hydrogens (primary N) is 1. The van der Waals surface area contributed by atoms with Crippen molar-refractivity contribution in [3.8, 4) is 0 Å². The molecule has 44 heavy (non-hydrogen) atoms. The number of nitrogen functional groups attached to an aromatic ring is 1. The number of H-pyrrole nitrogens is 1. The summed E-state index contributed by atoms with van der Waals surface area (Å²) < 4.78 is 1.83. The van der Waals surface area contributed by atoms with E-state index < -0.39 is 0 Å². The predicted octanol–water partition coefficient (Wildman–Crippen LogP) is 7.60. The molecule has 7 nitrogen and oxygen atoms in total. The number of hydrogen-bond donors (Lipinski definition) is 3. The van der Waals surface area contributed by atoms with Crippen molar-refractivity contribution in [3.63, 3.8) is 0 Å². The Hall–Kier alpha value is -4.39. The Morgan fingerprint density at radius 1 is 0.705 bits per heavy atom. The normalized spacial score (nSPS) is 17.4. The number of pyridine rings is 2. The molecule has 2 fully saturated rings. The van der Waals surface area contributed by atoms with E-state index in [9.17, 15) is 4.79 Å². The van der Waals surface area contributed by atoms with Crippen LogP contribution >= 0.6 is 0 Å². The highest BCUT2D eigenvalue weighted by molar-refractivity contribution is 5.70. The Bertz CT molecular complexity index is 1680. The minimum atomic E-state index is -0.0559. The van der Waals surface area contributed by atoms with E-state index in [1.165, 1.54) is 62.5 Å². The summed E-state index contributed by atoms with van der Waals surface area (Å²) in [6, 6.07) is 29.1. The second-order valence-corrected chi connectivity index (χ2v) is 12.6. The Labute approximate surface area is 260 Å². The van der Waals surface area contributed by atoms with Gasteiger partial charge >= 0.3 is 5.69 Å². The van der Waals surface area contributed by atoms with Gasteiger partial charge in [0.2, 0.25) is 0 Å². The van der Waals surface area contributed by atoms with Crippen LogP contribution in [0.1, 0.15) is 75.3 Å². The van der Waals surface area contributed by atoms with Gasteiger partial charge in [-0.25, -0.2) is 14.8 Å². The van der Waals surface area contributed by atoms with Gasteiger partial charge in [0.25, 0.3) is 0 Å². The van der Waals surface area contributed by atoms with Crippen LogP contribution in [0.3, 0.4) is 0 Å². The molecule has 3 aromatic heterocycles. The number of nitrogens with one attached hydrogen (secondary N) is 2. The summed E-state index contributed by atoms with van der Waals surface area (Å²) in [6.07, 6.45) is 15.9. The van der Waals surface area contributed by atoms with Crippen molar-refractivity contribution in [2.45, 2.75) is 81.6 Å².